The molecule has 8 nitrogen and oxygen atoms in total. The summed E-state index contributed by atoms with van der Waals surface area (Å²) in [6, 6.07) is 1.78. The molecule has 1 aromatic rings. The summed E-state index contributed by atoms with van der Waals surface area (Å²) >= 11 is 0. The van der Waals surface area contributed by atoms with E-state index >= 15 is 0 Å². The van der Waals surface area contributed by atoms with Crippen molar-refractivity contribution in [3.63, 3.8) is 0 Å². The van der Waals surface area contributed by atoms with Gasteiger partial charge in [-0.3, -0.25) is 9.79 Å². The Labute approximate surface area is 156 Å². The third kappa shape index (κ3) is 8.87. The first-order chi connectivity index (χ1) is 12.6. The molecule has 1 amide bonds. The Morgan fingerprint density at radius 3 is 2.58 bits per heavy atom. The van der Waals surface area contributed by atoms with E-state index in [1.165, 1.54) is 6.26 Å². The highest BCUT2D eigenvalue weighted by Crippen LogP contribution is 2.07. The van der Waals surface area contributed by atoms with Crippen molar-refractivity contribution in [2.75, 3.05) is 60.5 Å². The van der Waals surface area contributed by atoms with Gasteiger partial charge < -0.3 is 30.0 Å². The first-order valence-corrected chi connectivity index (χ1v) is 9.02. The summed E-state index contributed by atoms with van der Waals surface area (Å²) in [5.74, 6) is 0.972. The predicted molar refractivity (Wildman–Crippen MR) is 104 cm³/mol. The quantitative estimate of drug-likeness (QED) is 0.288. The van der Waals surface area contributed by atoms with Gasteiger partial charge in [0, 0.05) is 59.1 Å². The van der Waals surface area contributed by atoms with E-state index in [9.17, 15) is 4.79 Å². The van der Waals surface area contributed by atoms with Crippen molar-refractivity contribution in [1.29, 1.82) is 0 Å². The fourth-order valence-electron chi connectivity index (χ4n) is 2.36. The van der Waals surface area contributed by atoms with E-state index in [-0.39, 0.29) is 5.91 Å². The van der Waals surface area contributed by atoms with Crippen LogP contribution in [-0.4, -0.2) is 77.3 Å². The predicted octanol–water partition coefficient (Wildman–Crippen LogP) is 0.841. The van der Waals surface area contributed by atoms with E-state index < -0.39 is 0 Å². The van der Waals surface area contributed by atoms with E-state index in [4.69, 9.17) is 9.15 Å². The normalized spacial score (nSPS) is 11.7. The monoisotopic (exact) mass is 367 g/mol. The Balaban J connectivity index is 2.09. The fraction of sp³-hybridized carbons (Fsp3) is 0.667. The number of carbonyl (C=O) groups is 1. The van der Waals surface area contributed by atoms with Crippen molar-refractivity contribution in [2.24, 2.45) is 4.99 Å². The summed E-state index contributed by atoms with van der Waals surface area (Å²) in [6.45, 7) is 6.70. The maximum atomic E-state index is 11.9. The summed E-state index contributed by atoms with van der Waals surface area (Å²) in [6.07, 6.45) is 3.35. The standard InChI is InChI=1S/C18H33N5O3/c1-15-7-14-26-16(15)17(24)20-8-5-9-21-18(19-2)22-10-12-23(3)11-6-13-25-4/h7,14H,5-6,8-13H2,1-4H3,(H,20,24)(H2,19,21,22). The molecule has 26 heavy (non-hydrogen) atoms. The number of carbonyl (C=O) groups excluding carboxylic acids is 1. The Kier molecular flexibility index (Phi) is 11.1. The number of guanidine groups is 1. The molecule has 1 heterocycles. The van der Waals surface area contributed by atoms with Crippen LogP contribution in [0.3, 0.4) is 0 Å². The summed E-state index contributed by atoms with van der Waals surface area (Å²) in [4.78, 5) is 18.4. The maximum Gasteiger partial charge on any atom is 0.287 e. The van der Waals surface area contributed by atoms with Crippen molar-refractivity contribution >= 4 is 11.9 Å². The molecule has 0 atom stereocenters. The van der Waals surface area contributed by atoms with Crippen LogP contribution in [-0.2, 0) is 4.74 Å². The summed E-state index contributed by atoms with van der Waals surface area (Å²) in [5.41, 5.74) is 0.845. The molecule has 8 heteroatoms. The van der Waals surface area contributed by atoms with Crippen LogP contribution >= 0.6 is 0 Å². The number of nitrogens with one attached hydrogen (secondary N) is 3. The van der Waals surface area contributed by atoms with Gasteiger partial charge >= 0.3 is 0 Å². The number of methoxy groups -OCH3 is 1. The molecule has 1 rings (SSSR count). The van der Waals surface area contributed by atoms with Gasteiger partial charge in [-0.15, -0.1) is 0 Å². The number of likely N-dealkylation sites (N-methyl/N-ethyl adjacent to an activating group) is 1. The minimum absolute atomic E-state index is 0.175. The Bertz CT molecular complexity index is 545. The van der Waals surface area contributed by atoms with Gasteiger partial charge in [0.1, 0.15) is 0 Å². The lowest BCUT2D eigenvalue weighted by atomic mass is 10.2. The minimum atomic E-state index is -0.175. The average molecular weight is 367 g/mol. The van der Waals surface area contributed by atoms with Gasteiger partial charge in [0.2, 0.25) is 0 Å². The zero-order valence-corrected chi connectivity index (χ0v) is 16.4. The third-order valence-corrected chi connectivity index (χ3v) is 3.90. The molecule has 1 aromatic heterocycles. The topological polar surface area (TPSA) is 91.1 Å². The maximum absolute atomic E-state index is 11.9. The molecule has 3 N–H and O–H groups in total. The molecular weight excluding hydrogens is 334 g/mol. The smallest absolute Gasteiger partial charge is 0.287 e. The number of amides is 1. The molecule has 0 bridgehead atoms. The van der Waals surface area contributed by atoms with E-state index in [2.05, 4.69) is 32.9 Å². The van der Waals surface area contributed by atoms with Crippen LogP contribution in [0.25, 0.3) is 0 Å². The molecule has 0 radical (unpaired) electrons. The van der Waals surface area contributed by atoms with E-state index in [1.54, 1.807) is 20.2 Å². The van der Waals surface area contributed by atoms with Crippen molar-refractivity contribution in [1.82, 2.24) is 20.9 Å². The summed E-state index contributed by atoms with van der Waals surface area (Å²) < 4.78 is 10.2. The summed E-state index contributed by atoms with van der Waals surface area (Å²) in [5, 5.41) is 9.38. The molecule has 0 fully saturated rings. The molecular formula is C18H33N5O3. The second-order valence-corrected chi connectivity index (χ2v) is 6.12. The second kappa shape index (κ2) is 13.2. The molecule has 0 saturated carbocycles. The minimum Gasteiger partial charge on any atom is -0.459 e. The highest BCUT2D eigenvalue weighted by atomic mass is 16.5. The second-order valence-electron chi connectivity index (χ2n) is 6.12. The Hall–Kier alpha value is -2.06. The van der Waals surface area contributed by atoms with Gasteiger partial charge in [0.15, 0.2) is 11.7 Å². The van der Waals surface area contributed by atoms with Crippen LogP contribution in [0, 0.1) is 6.92 Å². The first-order valence-electron chi connectivity index (χ1n) is 9.02. The van der Waals surface area contributed by atoms with Crippen LogP contribution in [0.4, 0.5) is 0 Å². The van der Waals surface area contributed by atoms with Crippen LogP contribution in [0.2, 0.25) is 0 Å². The lowest BCUT2D eigenvalue weighted by Gasteiger charge is -2.18. The Morgan fingerprint density at radius 2 is 1.92 bits per heavy atom. The van der Waals surface area contributed by atoms with E-state index in [0.717, 1.165) is 57.2 Å². The SMILES string of the molecule is CN=C(NCCCNC(=O)c1occc1C)NCCN(C)CCCOC. The largest absolute Gasteiger partial charge is 0.459 e. The van der Waals surface area contributed by atoms with Crippen molar-refractivity contribution in [3.8, 4) is 0 Å². The molecule has 0 aliphatic carbocycles. The van der Waals surface area contributed by atoms with Gasteiger partial charge in [-0.25, -0.2) is 0 Å². The van der Waals surface area contributed by atoms with E-state index in [1.807, 2.05) is 6.92 Å². The molecule has 0 unspecified atom stereocenters. The average Bonchev–Trinajstić information content (AvgIpc) is 3.06. The molecule has 0 aromatic carbocycles. The Morgan fingerprint density at radius 1 is 1.19 bits per heavy atom. The lowest BCUT2D eigenvalue weighted by Crippen LogP contribution is -2.42. The van der Waals surface area contributed by atoms with Gasteiger partial charge in [0.05, 0.1) is 6.26 Å². The molecule has 0 aliphatic rings. The van der Waals surface area contributed by atoms with Gasteiger partial charge in [-0.2, -0.15) is 0 Å². The van der Waals surface area contributed by atoms with Crippen LogP contribution in [0.5, 0.6) is 0 Å². The number of hydrogen-bond donors (Lipinski definition) is 3. The molecule has 0 saturated heterocycles. The molecule has 148 valence electrons. The third-order valence-electron chi connectivity index (χ3n) is 3.90. The van der Waals surface area contributed by atoms with Crippen molar-refractivity contribution < 1.29 is 13.9 Å². The van der Waals surface area contributed by atoms with Crippen LogP contribution in [0.15, 0.2) is 21.7 Å². The van der Waals surface area contributed by atoms with Crippen LogP contribution < -0.4 is 16.0 Å². The van der Waals surface area contributed by atoms with Crippen molar-refractivity contribution in [2.45, 2.75) is 19.8 Å². The van der Waals surface area contributed by atoms with E-state index in [0.29, 0.717) is 12.3 Å². The van der Waals surface area contributed by atoms with Gasteiger partial charge in [-0.1, -0.05) is 0 Å². The first kappa shape index (κ1) is 22.0. The van der Waals surface area contributed by atoms with Gasteiger partial charge in [0.25, 0.3) is 5.91 Å². The number of aryl methyl sites for hydroxylation is 1. The molecule has 0 spiro atoms. The lowest BCUT2D eigenvalue weighted by molar-refractivity contribution is 0.0925. The number of ether oxygens (including phenoxy) is 1. The summed E-state index contributed by atoms with van der Waals surface area (Å²) in [7, 11) is 5.57. The number of hydrogen-bond acceptors (Lipinski definition) is 5. The fourth-order valence-corrected chi connectivity index (χ4v) is 2.36. The van der Waals surface area contributed by atoms with Crippen LogP contribution in [0.1, 0.15) is 29.0 Å². The zero-order chi connectivity index (χ0) is 19.2. The number of aliphatic imine (C=N–C) groups is 1. The highest BCUT2D eigenvalue weighted by Gasteiger charge is 2.11. The number of nitrogens with zero attached hydrogens (tertiary/aromatic N) is 2. The van der Waals surface area contributed by atoms with Gasteiger partial charge in [-0.05, 0) is 32.9 Å². The molecule has 0 aliphatic heterocycles. The number of rotatable bonds is 12. The van der Waals surface area contributed by atoms with Crippen molar-refractivity contribution in [3.05, 3.63) is 23.7 Å². The number of furan rings is 1. The zero-order valence-electron chi connectivity index (χ0n) is 16.4. The highest BCUT2D eigenvalue weighted by molar-refractivity contribution is 5.92.